The van der Waals surface area contributed by atoms with Gasteiger partial charge in [0.05, 0.1) is 17.0 Å². The van der Waals surface area contributed by atoms with E-state index in [4.69, 9.17) is 0 Å². The van der Waals surface area contributed by atoms with Crippen molar-refractivity contribution in [1.82, 2.24) is 15.2 Å². The highest BCUT2D eigenvalue weighted by Crippen LogP contribution is 2.36. The van der Waals surface area contributed by atoms with Crippen molar-refractivity contribution in [1.29, 1.82) is 0 Å². The summed E-state index contributed by atoms with van der Waals surface area (Å²) in [7, 11) is 0. The molecule has 9 heteroatoms. The fourth-order valence-electron chi connectivity index (χ4n) is 2.71. The van der Waals surface area contributed by atoms with Gasteiger partial charge in [-0.25, -0.2) is 4.98 Å². The molecule has 0 radical (unpaired) electrons. The van der Waals surface area contributed by atoms with E-state index in [1.165, 1.54) is 0 Å². The smallest absolute Gasteiger partial charge is 0.273 e. The molecule has 1 aromatic carbocycles. The van der Waals surface area contributed by atoms with E-state index in [9.17, 15) is 26.3 Å². The van der Waals surface area contributed by atoms with Crippen molar-refractivity contribution in [3.8, 4) is 22.6 Å². The van der Waals surface area contributed by atoms with Gasteiger partial charge in [-0.2, -0.15) is 31.4 Å². The van der Waals surface area contributed by atoms with Crippen LogP contribution in [0, 0.1) is 0 Å². The van der Waals surface area contributed by atoms with Crippen molar-refractivity contribution < 1.29 is 26.3 Å². The SMILES string of the molecule is CC(C)(C)c1ccc(-c2cc(C(F)(F)F)cc(-c3cc(C(F)(F)F)[nH]n3)n2)cc1. The number of benzene rings is 1. The van der Waals surface area contributed by atoms with Crippen molar-refractivity contribution in [2.24, 2.45) is 0 Å². The van der Waals surface area contributed by atoms with Gasteiger partial charge in [0.2, 0.25) is 0 Å². The first-order valence-electron chi connectivity index (χ1n) is 8.58. The number of pyridine rings is 1. The van der Waals surface area contributed by atoms with Crippen molar-refractivity contribution >= 4 is 0 Å². The lowest BCUT2D eigenvalue weighted by molar-refractivity contribution is -0.141. The maximum atomic E-state index is 13.4. The summed E-state index contributed by atoms with van der Waals surface area (Å²) in [6.07, 6.45) is -9.39. The Morgan fingerprint density at radius 3 is 1.76 bits per heavy atom. The molecule has 154 valence electrons. The molecule has 2 aromatic heterocycles. The molecule has 0 aliphatic heterocycles. The highest BCUT2D eigenvalue weighted by atomic mass is 19.4. The Morgan fingerprint density at radius 2 is 1.28 bits per heavy atom. The molecule has 0 unspecified atom stereocenters. The average Bonchev–Trinajstić information content (AvgIpc) is 3.10. The van der Waals surface area contributed by atoms with Crippen molar-refractivity contribution in [3.63, 3.8) is 0 Å². The van der Waals surface area contributed by atoms with E-state index in [1.54, 1.807) is 29.4 Å². The van der Waals surface area contributed by atoms with E-state index in [0.717, 1.165) is 11.6 Å². The van der Waals surface area contributed by atoms with Gasteiger partial charge in [-0.1, -0.05) is 45.0 Å². The molecule has 0 saturated heterocycles. The molecule has 1 N–H and O–H groups in total. The molecule has 0 saturated carbocycles. The van der Waals surface area contributed by atoms with E-state index in [2.05, 4.69) is 10.1 Å². The normalized spacial score (nSPS) is 13.0. The Hall–Kier alpha value is -2.84. The number of hydrogen-bond acceptors (Lipinski definition) is 2. The van der Waals surface area contributed by atoms with E-state index >= 15 is 0 Å². The molecule has 3 rings (SSSR count). The summed E-state index contributed by atoms with van der Waals surface area (Å²) in [5.74, 6) is 0. The van der Waals surface area contributed by atoms with Crippen molar-refractivity contribution in [3.05, 3.63) is 59.3 Å². The van der Waals surface area contributed by atoms with Gasteiger partial charge in [-0.15, -0.1) is 0 Å². The highest BCUT2D eigenvalue weighted by molar-refractivity contribution is 5.66. The predicted octanol–water partition coefficient (Wildman–Crippen LogP) is 6.47. The van der Waals surface area contributed by atoms with E-state index in [-0.39, 0.29) is 22.5 Å². The second-order valence-electron chi connectivity index (χ2n) is 7.62. The standard InChI is InChI=1S/C20H17F6N3/c1-18(2,3)12-6-4-11(5-7-12)14-8-13(19(21,22)23)9-15(27-14)16-10-17(29-28-16)20(24,25)26/h4-10H,1-3H3,(H,28,29). The van der Waals surface area contributed by atoms with Crippen LogP contribution in [-0.4, -0.2) is 15.2 Å². The lowest BCUT2D eigenvalue weighted by Gasteiger charge is -2.19. The Kier molecular flexibility index (Phi) is 4.96. The average molecular weight is 413 g/mol. The van der Waals surface area contributed by atoms with Crippen LogP contribution in [0.25, 0.3) is 22.6 Å². The lowest BCUT2D eigenvalue weighted by atomic mass is 9.86. The van der Waals surface area contributed by atoms with Crippen LogP contribution in [0.2, 0.25) is 0 Å². The first kappa shape index (κ1) is 20.9. The zero-order valence-corrected chi connectivity index (χ0v) is 15.7. The molecule has 3 aromatic rings. The van der Waals surface area contributed by atoms with Crippen LogP contribution in [0.3, 0.4) is 0 Å². The molecule has 0 aliphatic carbocycles. The molecular formula is C20H17F6N3. The maximum Gasteiger partial charge on any atom is 0.432 e. The van der Waals surface area contributed by atoms with Gasteiger partial charge in [0.25, 0.3) is 0 Å². The monoisotopic (exact) mass is 413 g/mol. The summed E-state index contributed by atoms with van der Waals surface area (Å²) in [6.45, 7) is 6.00. The Balaban J connectivity index is 2.11. The molecule has 0 spiro atoms. The molecule has 0 aliphatic rings. The Labute approximate surface area is 162 Å². The summed E-state index contributed by atoms with van der Waals surface area (Å²) >= 11 is 0. The third-order valence-electron chi connectivity index (χ3n) is 4.35. The van der Waals surface area contributed by atoms with Crippen LogP contribution in [0.1, 0.15) is 37.6 Å². The van der Waals surface area contributed by atoms with Crippen LogP contribution >= 0.6 is 0 Å². The fraction of sp³-hybridized carbons (Fsp3) is 0.300. The van der Waals surface area contributed by atoms with Crippen LogP contribution < -0.4 is 0 Å². The van der Waals surface area contributed by atoms with Crippen molar-refractivity contribution in [2.45, 2.75) is 38.5 Å². The first-order chi connectivity index (χ1) is 13.2. The van der Waals surface area contributed by atoms with Gasteiger partial charge in [0.1, 0.15) is 11.4 Å². The zero-order valence-electron chi connectivity index (χ0n) is 15.7. The second kappa shape index (κ2) is 6.89. The molecule has 3 nitrogen and oxygen atoms in total. The minimum Gasteiger partial charge on any atom is -0.273 e. The number of H-pyrrole nitrogens is 1. The number of nitrogens with one attached hydrogen (secondary N) is 1. The van der Waals surface area contributed by atoms with Crippen LogP contribution in [0.4, 0.5) is 26.3 Å². The number of aromatic amines is 1. The zero-order chi connectivity index (χ0) is 21.6. The van der Waals surface area contributed by atoms with Crippen LogP contribution in [-0.2, 0) is 17.8 Å². The molecule has 0 amide bonds. The molecular weight excluding hydrogens is 396 g/mol. The van der Waals surface area contributed by atoms with E-state index in [0.29, 0.717) is 17.7 Å². The summed E-state index contributed by atoms with van der Waals surface area (Å²) in [5.41, 5.74) is -1.57. The van der Waals surface area contributed by atoms with Gasteiger partial charge in [0.15, 0.2) is 0 Å². The maximum absolute atomic E-state index is 13.4. The van der Waals surface area contributed by atoms with Gasteiger partial charge in [0, 0.05) is 5.56 Å². The highest BCUT2D eigenvalue weighted by Gasteiger charge is 2.35. The van der Waals surface area contributed by atoms with Gasteiger partial charge in [-0.05, 0) is 29.2 Å². The fourth-order valence-corrected chi connectivity index (χ4v) is 2.71. The third kappa shape index (κ3) is 4.60. The van der Waals surface area contributed by atoms with Gasteiger partial charge < -0.3 is 0 Å². The van der Waals surface area contributed by atoms with Gasteiger partial charge in [-0.3, -0.25) is 5.10 Å². The topological polar surface area (TPSA) is 41.6 Å². The molecule has 29 heavy (non-hydrogen) atoms. The summed E-state index contributed by atoms with van der Waals surface area (Å²) < 4.78 is 78.5. The Morgan fingerprint density at radius 1 is 0.690 bits per heavy atom. The number of nitrogens with zero attached hydrogens (tertiary/aromatic N) is 2. The molecule has 2 heterocycles. The first-order valence-corrected chi connectivity index (χ1v) is 8.58. The van der Waals surface area contributed by atoms with E-state index in [1.807, 2.05) is 20.8 Å². The predicted molar refractivity (Wildman–Crippen MR) is 96.0 cm³/mol. The van der Waals surface area contributed by atoms with Crippen LogP contribution in [0.5, 0.6) is 0 Å². The Bertz CT molecular complexity index is 1010. The summed E-state index contributed by atoms with van der Waals surface area (Å²) in [5, 5.41) is 5.27. The number of aromatic nitrogens is 3. The third-order valence-corrected chi connectivity index (χ3v) is 4.35. The molecule has 0 fully saturated rings. The number of halogens is 6. The number of hydrogen-bond donors (Lipinski definition) is 1. The lowest BCUT2D eigenvalue weighted by Crippen LogP contribution is -2.10. The van der Waals surface area contributed by atoms with Crippen LogP contribution in [0.15, 0.2) is 42.5 Å². The minimum atomic E-state index is -4.70. The number of rotatable bonds is 2. The van der Waals surface area contributed by atoms with Crippen molar-refractivity contribution in [2.75, 3.05) is 0 Å². The second-order valence-corrected chi connectivity index (χ2v) is 7.62. The summed E-state index contributed by atoms with van der Waals surface area (Å²) in [6, 6.07) is 9.03. The largest absolute Gasteiger partial charge is 0.432 e. The molecule has 0 bridgehead atoms. The summed E-state index contributed by atoms with van der Waals surface area (Å²) in [4.78, 5) is 4.12. The quantitative estimate of drug-likeness (QED) is 0.489. The van der Waals surface area contributed by atoms with E-state index < -0.39 is 23.6 Å². The molecule has 0 atom stereocenters. The van der Waals surface area contributed by atoms with Gasteiger partial charge >= 0.3 is 12.4 Å². The number of alkyl halides is 6. The minimum absolute atomic E-state index is 0.00755.